The van der Waals surface area contributed by atoms with Crippen molar-refractivity contribution >= 4 is 11.8 Å². The molecule has 4 rings (SSSR count). The molecule has 34 heavy (non-hydrogen) atoms. The Kier molecular flexibility index (Phi) is 6.82. The number of nitrogens with zero attached hydrogens (tertiary/aromatic N) is 5. The molecular weight excluding hydrogens is 434 g/mol. The molecule has 0 fully saturated rings. The van der Waals surface area contributed by atoms with Gasteiger partial charge in [0.15, 0.2) is 6.61 Å². The fraction of sp³-hybridized carbons (Fsp3) is 0.240. The van der Waals surface area contributed by atoms with Gasteiger partial charge in [-0.15, -0.1) is 5.10 Å². The van der Waals surface area contributed by atoms with Crippen LogP contribution < -0.4 is 4.74 Å². The van der Waals surface area contributed by atoms with Crippen LogP contribution >= 0.6 is 0 Å². The lowest BCUT2D eigenvalue weighted by molar-refractivity contribution is 0.0474. The highest BCUT2D eigenvalue weighted by molar-refractivity contribution is 6.00. The first-order valence-electron chi connectivity index (χ1n) is 10.8. The Balaban J connectivity index is 1.38. The van der Waals surface area contributed by atoms with Crippen LogP contribution in [0.3, 0.4) is 0 Å². The number of benzene rings is 2. The van der Waals surface area contributed by atoms with E-state index in [1.165, 1.54) is 16.6 Å². The number of tetrazole rings is 1. The maximum Gasteiger partial charge on any atom is 0.338 e. The normalized spacial score (nSPS) is 10.8. The van der Waals surface area contributed by atoms with E-state index in [0.29, 0.717) is 16.8 Å². The van der Waals surface area contributed by atoms with Crippen LogP contribution in [0.4, 0.5) is 0 Å². The second-order valence-corrected chi connectivity index (χ2v) is 7.84. The number of carbonyl (C=O) groups excluding carboxylic acids is 2. The lowest BCUT2D eigenvalue weighted by Crippen LogP contribution is -2.15. The first-order valence-corrected chi connectivity index (χ1v) is 10.8. The molecule has 0 aliphatic rings. The molecule has 0 atom stereocenters. The van der Waals surface area contributed by atoms with Gasteiger partial charge in [-0.25, -0.2) is 9.48 Å². The molecule has 2 heterocycles. The summed E-state index contributed by atoms with van der Waals surface area (Å²) in [5.74, 6) is -0.00741. The molecule has 174 valence electrons. The van der Waals surface area contributed by atoms with E-state index in [4.69, 9.17) is 9.47 Å². The van der Waals surface area contributed by atoms with Crippen LogP contribution in [0.15, 0.2) is 60.9 Å². The van der Waals surface area contributed by atoms with Gasteiger partial charge in [-0.3, -0.25) is 4.79 Å². The van der Waals surface area contributed by atoms with E-state index >= 15 is 0 Å². The van der Waals surface area contributed by atoms with Crippen LogP contribution in [0, 0.1) is 13.8 Å². The molecule has 2 aromatic heterocycles. The van der Waals surface area contributed by atoms with E-state index in [1.807, 2.05) is 44.2 Å². The van der Waals surface area contributed by atoms with E-state index in [1.54, 1.807) is 31.4 Å². The second kappa shape index (κ2) is 10.1. The Bertz CT molecular complexity index is 1290. The van der Waals surface area contributed by atoms with Crippen LogP contribution in [0.2, 0.25) is 0 Å². The van der Waals surface area contributed by atoms with Crippen molar-refractivity contribution < 1.29 is 19.1 Å². The Labute approximate surface area is 196 Å². The van der Waals surface area contributed by atoms with Crippen LogP contribution in [0.1, 0.15) is 37.7 Å². The summed E-state index contributed by atoms with van der Waals surface area (Å²) in [4.78, 5) is 25.3. The number of aromatic nitrogens is 5. The largest absolute Gasteiger partial charge is 0.497 e. The van der Waals surface area contributed by atoms with E-state index in [2.05, 4.69) is 20.1 Å². The monoisotopic (exact) mass is 459 g/mol. The van der Waals surface area contributed by atoms with Crippen molar-refractivity contribution in [1.82, 2.24) is 24.8 Å². The summed E-state index contributed by atoms with van der Waals surface area (Å²) in [7, 11) is 1.64. The molecule has 4 aromatic rings. The van der Waals surface area contributed by atoms with Gasteiger partial charge in [0.25, 0.3) is 0 Å². The summed E-state index contributed by atoms with van der Waals surface area (Å²) in [6.07, 6.45) is 2.25. The Morgan fingerprint density at radius 3 is 2.53 bits per heavy atom. The molecule has 0 spiro atoms. The molecule has 0 amide bonds. The molecular formula is C25H25N5O4. The summed E-state index contributed by atoms with van der Waals surface area (Å²) in [5, 5.41) is 11.0. The summed E-state index contributed by atoms with van der Waals surface area (Å²) >= 11 is 0. The maximum atomic E-state index is 12.8. The lowest BCUT2D eigenvalue weighted by Gasteiger charge is -2.10. The quantitative estimate of drug-likeness (QED) is 0.279. The standard InChI is InChI=1S/C25H25N5O4/c1-17-13-23(18(2)29(17)12-11-19-7-9-22(33-3)10-8-19)24(31)15-34-25(32)20-5-4-6-21(14-20)30-16-26-27-28-30/h4-10,13-14,16H,11-12,15H2,1-3H3. The van der Waals surface area contributed by atoms with Gasteiger partial charge in [0.1, 0.15) is 12.1 Å². The van der Waals surface area contributed by atoms with Gasteiger partial charge >= 0.3 is 5.97 Å². The van der Waals surface area contributed by atoms with E-state index < -0.39 is 5.97 Å². The number of ether oxygens (including phenoxy) is 2. The highest BCUT2D eigenvalue weighted by Crippen LogP contribution is 2.19. The number of esters is 1. The lowest BCUT2D eigenvalue weighted by atomic mass is 10.1. The zero-order valence-corrected chi connectivity index (χ0v) is 19.3. The summed E-state index contributed by atoms with van der Waals surface area (Å²) in [6, 6.07) is 16.5. The number of carbonyl (C=O) groups is 2. The Morgan fingerprint density at radius 1 is 1.03 bits per heavy atom. The van der Waals surface area contributed by atoms with Crippen LogP contribution in [-0.4, -0.2) is 50.2 Å². The van der Waals surface area contributed by atoms with Gasteiger partial charge in [-0.1, -0.05) is 18.2 Å². The number of aryl methyl sites for hydroxylation is 2. The highest BCUT2D eigenvalue weighted by Gasteiger charge is 2.18. The number of hydrogen-bond donors (Lipinski definition) is 0. The van der Waals surface area contributed by atoms with Crippen molar-refractivity contribution in [3.8, 4) is 11.4 Å². The number of Topliss-reactive ketones (excluding diaryl/α,β-unsaturated/α-hetero) is 1. The number of hydrogen-bond acceptors (Lipinski definition) is 7. The molecule has 0 radical (unpaired) electrons. The average Bonchev–Trinajstić information content (AvgIpc) is 3.50. The molecule has 0 saturated heterocycles. The fourth-order valence-corrected chi connectivity index (χ4v) is 3.81. The van der Waals surface area contributed by atoms with Crippen molar-refractivity contribution in [3.63, 3.8) is 0 Å². The third-order valence-electron chi connectivity index (χ3n) is 5.69. The van der Waals surface area contributed by atoms with Crippen molar-refractivity contribution in [3.05, 3.63) is 89.0 Å². The number of ketones is 1. The summed E-state index contributed by atoms with van der Waals surface area (Å²) < 4.78 is 14.0. The SMILES string of the molecule is COc1ccc(CCn2c(C)cc(C(=O)COC(=O)c3cccc(-n4cnnn4)c3)c2C)cc1. The van der Waals surface area contributed by atoms with E-state index in [-0.39, 0.29) is 12.4 Å². The van der Waals surface area contributed by atoms with Gasteiger partial charge in [-0.2, -0.15) is 0 Å². The fourth-order valence-electron chi connectivity index (χ4n) is 3.81. The molecule has 0 unspecified atom stereocenters. The maximum absolute atomic E-state index is 12.8. The molecule has 0 aliphatic heterocycles. The van der Waals surface area contributed by atoms with Crippen molar-refractivity contribution in [2.24, 2.45) is 0 Å². The van der Waals surface area contributed by atoms with Crippen LogP contribution in [0.25, 0.3) is 5.69 Å². The van der Waals surface area contributed by atoms with Crippen LogP contribution in [0.5, 0.6) is 5.75 Å². The minimum atomic E-state index is -0.586. The van der Waals surface area contributed by atoms with Crippen molar-refractivity contribution in [1.29, 1.82) is 0 Å². The first kappa shape index (κ1) is 22.9. The third-order valence-corrected chi connectivity index (χ3v) is 5.69. The smallest absolute Gasteiger partial charge is 0.338 e. The summed E-state index contributed by atoms with van der Waals surface area (Å²) in [5.41, 5.74) is 4.50. The van der Waals surface area contributed by atoms with Gasteiger partial charge in [0.05, 0.1) is 18.4 Å². The summed E-state index contributed by atoms with van der Waals surface area (Å²) in [6.45, 7) is 4.28. The average molecular weight is 460 g/mol. The van der Waals surface area contributed by atoms with Gasteiger partial charge in [0.2, 0.25) is 5.78 Å². The van der Waals surface area contributed by atoms with E-state index in [9.17, 15) is 9.59 Å². The van der Waals surface area contributed by atoms with Crippen molar-refractivity contribution in [2.75, 3.05) is 13.7 Å². The van der Waals surface area contributed by atoms with Gasteiger partial charge < -0.3 is 14.0 Å². The predicted octanol–water partition coefficient (Wildman–Crippen LogP) is 3.37. The third kappa shape index (κ3) is 5.03. The molecule has 9 heteroatoms. The van der Waals surface area contributed by atoms with Crippen molar-refractivity contribution in [2.45, 2.75) is 26.8 Å². The van der Waals surface area contributed by atoms with Gasteiger partial charge in [0, 0.05) is 23.5 Å². The Hall–Kier alpha value is -4.27. The minimum absolute atomic E-state index is 0.242. The number of methoxy groups -OCH3 is 1. The minimum Gasteiger partial charge on any atom is -0.497 e. The molecule has 0 saturated carbocycles. The zero-order chi connectivity index (χ0) is 24.1. The Morgan fingerprint density at radius 2 is 1.82 bits per heavy atom. The van der Waals surface area contributed by atoms with Crippen LogP contribution in [-0.2, 0) is 17.7 Å². The molecule has 0 N–H and O–H groups in total. The second-order valence-electron chi connectivity index (χ2n) is 7.84. The molecule has 2 aromatic carbocycles. The predicted molar refractivity (Wildman–Crippen MR) is 124 cm³/mol. The van der Waals surface area contributed by atoms with E-state index in [0.717, 1.165) is 30.1 Å². The van der Waals surface area contributed by atoms with Gasteiger partial charge in [-0.05, 0) is 72.7 Å². The molecule has 0 bridgehead atoms. The number of rotatable bonds is 9. The first-order chi connectivity index (χ1) is 16.5. The molecule has 0 aliphatic carbocycles. The zero-order valence-electron chi connectivity index (χ0n) is 19.3. The molecule has 9 nitrogen and oxygen atoms in total. The topological polar surface area (TPSA) is 101 Å². The highest BCUT2D eigenvalue weighted by atomic mass is 16.5.